The fourth-order valence-corrected chi connectivity index (χ4v) is 8.69. The molecule has 3 amide bonds. The van der Waals surface area contributed by atoms with Crippen molar-refractivity contribution < 1.29 is 33.8 Å². The van der Waals surface area contributed by atoms with E-state index >= 15 is 0 Å². The summed E-state index contributed by atoms with van der Waals surface area (Å²) in [6.07, 6.45) is 3.34. The van der Waals surface area contributed by atoms with Gasteiger partial charge in [0.15, 0.2) is 6.10 Å². The van der Waals surface area contributed by atoms with Gasteiger partial charge in [0, 0.05) is 49.9 Å². The van der Waals surface area contributed by atoms with Gasteiger partial charge in [-0.15, -0.1) is 11.3 Å². The molecule has 0 bridgehead atoms. The van der Waals surface area contributed by atoms with Crippen molar-refractivity contribution in [2.24, 2.45) is 5.41 Å². The van der Waals surface area contributed by atoms with Crippen LogP contribution in [0.1, 0.15) is 68.8 Å². The standard InChI is InChI=1S/C38H46N4O7S/c1-4-39-36(47)40-32-29(22-31(50-32)26-11-13-28(14-12-26)48-30(34(44)45)21-25-9-6-5-7-10-25)33(43)41-19-15-27(16-20-41)42-18-8-17-38(24-42)23-37(2,3)49-35(38)46/h5-7,9-14,22,27,30H,4,8,15-21,23-24H2,1-3H3,(H,44,45)(H2,39,40,47). The third kappa shape index (κ3) is 7.97. The van der Waals surface area contributed by atoms with Crippen LogP contribution in [0.2, 0.25) is 0 Å². The van der Waals surface area contributed by atoms with E-state index in [2.05, 4.69) is 15.5 Å². The van der Waals surface area contributed by atoms with Gasteiger partial charge in [0.25, 0.3) is 5.91 Å². The van der Waals surface area contributed by atoms with Crippen molar-refractivity contribution in [2.45, 2.75) is 77.0 Å². The number of hydrogen-bond donors (Lipinski definition) is 3. The number of amides is 3. The van der Waals surface area contributed by atoms with Gasteiger partial charge < -0.3 is 24.8 Å². The largest absolute Gasteiger partial charge is 0.478 e. The molecule has 3 saturated heterocycles. The predicted molar refractivity (Wildman–Crippen MR) is 192 cm³/mol. The molecule has 0 aliphatic carbocycles. The van der Waals surface area contributed by atoms with Gasteiger partial charge in [-0.05, 0) is 94.5 Å². The molecular formula is C38H46N4O7S. The van der Waals surface area contributed by atoms with Crippen molar-refractivity contribution in [3.05, 3.63) is 71.8 Å². The minimum Gasteiger partial charge on any atom is -0.478 e. The number of likely N-dealkylation sites (tertiary alicyclic amines) is 2. The van der Waals surface area contributed by atoms with E-state index in [9.17, 15) is 24.3 Å². The Morgan fingerprint density at radius 3 is 2.42 bits per heavy atom. The number of esters is 1. The van der Waals surface area contributed by atoms with Gasteiger partial charge >= 0.3 is 18.0 Å². The minimum absolute atomic E-state index is 0.0742. The number of carboxylic acid groups (broad SMARTS) is 1. The summed E-state index contributed by atoms with van der Waals surface area (Å²) in [5.41, 5.74) is 1.23. The summed E-state index contributed by atoms with van der Waals surface area (Å²) in [6, 6.07) is 18.1. The molecule has 3 aromatic rings. The molecule has 0 saturated carbocycles. The Hall–Kier alpha value is -4.42. The molecule has 2 atom stereocenters. The number of ether oxygens (including phenoxy) is 2. The quantitative estimate of drug-likeness (QED) is 0.218. The molecule has 266 valence electrons. The van der Waals surface area contributed by atoms with E-state index in [1.54, 1.807) is 12.1 Å². The number of urea groups is 1. The van der Waals surface area contributed by atoms with Crippen molar-refractivity contribution in [1.29, 1.82) is 0 Å². The first kappa shape index (κ1) is 35.4. The minimum atomic E-state index is -1.05. The van der Waals surface area contributed by atoms with E-state index in [-0.39, 0.29) is 30.4 Å². The average Bonchev–Trinajstić information content (AvgIpc) is 3.61. The second kappa shape index (κ2) is 14.8. The number of rotatable bonds is 10. The molecule has 1 aromatic heterocycles. The van der Waals surface area contributed by atoms with Crippen molar-refractivity contribution in [2.75, 3.05) is 38.0 Å². The second-order valence-electron chi connectivity index (χ2n) is 14.2. The summed E-state index contributed by atoms with van der Waals surface area (Å²) in [7, 11) is 0. The van der Waals surface area contributed by atoms with E-state index in [0.29, 0.717) is 42.5 Å². The lowest BCUT2D eigenvalue weighted by atomic mass is 9.74. The first-order chi connectivity index (χ1) is 23.9. The molecular weight excluding hydrogens is 657 g/mol. The van der Waals surface area contributed by atoms with Crippen LogP contribution in [0, 0.1) is 5.41 Å². The number of cyclic esters (lactones) is 1. The zero-order chi connectivity index (χ0) is 35.5. The van der Waals surface area contributed by atoms with Crippen molar-refractivity contribution in [3.63, 3.8) is 0 Å². The number of anilines is 1. The fraction of sp³-hybridized carbons (Fsp3) is 0.474. The summed E-state index contributed by atoms with van der Waals surface area (Å²) >= 11 is 1.31. The average molecular weight is 703 g/mol. The highest BCUT2D eigenvalue weighted by molar-refractivity contribution is 7.20. The van der Waals surface area contributed by atoms with Crippen LogP contribution >= 0.6 is 11.3 Å². The Labute approximate surface area is 296 Å². The molecule has 2 unspecified atom stereocenters. The highest BCUT2D eigenvalue weighted by Crippen LogP contribution is 2.47. The number of thiophene rings is 1. The molecule has 3 fully saturated rings. The zero-order valence-corrected chi connectivity index (χ0v) is 29.7. The first-order valence-corrected chi connectivity index (χ1v) is 18.3. The SMILES string of the molecule is CCNC(=O)Nc1sc(-c2ccc(OC(Cc3ccccc3)C(=O)O)cc2)cc1C(=O)N1CCC(N2CCCC3(C2)CC(C)(C)OC3=O)CC1. The maximum absolute atomic E-state index is 14.0. The smallest absolute Gasteiger partial charge is 0.345 e. The van der Waals surface area contributed by atoms with Gasteiger partial charge in [0.05, 0.1) is 11.0 Å². The molecule has 0 radical (unpaired) electrons. The molecule has 3 aliphatic rings. The number of aliphatic carboxylic acids is 1. The van der Waals surface area contributed by atoms with Crippen LogP contribution < -0.4 is 15.4 Å². The van der Waals surface area contributed by atoms with Crippen molar-refractivity contribution in [3.8, 4) is 16.2 Å². The summed E-state index contributed by atoms with van der Waals surface area (Å²) in [6.45, 7) is 9.05. The maximum Gasteiger partial charge on any atom is 0.345 e. The molecule has 12 heteroatoms. The van der Waals surface area contributed by atoms with Gasteiger partial charge in [-0.25, -0.2) is 9.59 Å². The fourth-order valence-electron chi connectivity index (χ4n) is 7.64. The lowest BCUT2D eigenvalue weighted by molar-refractivity contribution is -0.154. The number of nitrogens with one attached hydrogen (secondary N) is 2. The summed E-state index contributed by atoms with van der Waals surface area (Å²) in [5.74, 6) is -0.845. The van der Waals surface area contributed by atoms with E-state index < -0.39 is 23.1 Å². The van der Waals surface area contributed by atoms with Crippen LogP contribution in [-0.2, 0) is 20.7 Å². The van der Waals surface area contributed by atoms with E-state index in [1.807, 2.05) is 74.2 Å². The molecule has 4 heterocycles. The van der Waals surface area contributed by atoms with E-state index in [4.69, 9.17) is 9.47 Å². The van der Waals surface area contributed by atoms with Crippen molar-refractivity contribution >= 4 is 40.2 Å². The van der Waals surface area contributed by atoms with Crippen molar-refractivity contribution in [1.82, 2.24) is 15.1 Å². The Morgan fingerprint density at radius 2 is 1.78 bits per heavy atom. The van der Waals surface area contributed by atoms with E-state index in [1.165, 1.54) is 11.3 Å². The zero-order valence-electron chi connectivity index (χ0n) is 28.9. The first-order valence-electron chi connectivity index (χ1n) is 17.4. The Balaban J connectivity index is 1.13. The number of piperidine rings is 2. The highest BCUT2D eigenvalue weighted by atomic mass is 32.1. The van der Waals surface area contributed by atoms with Crippen LogP contribution in [-0.4, -0.2) is 89.3 Å². The lowest BCUT2D eigenvalue weighted by Gasteiger charge is -2.44. The number of carboxylic acids is 1. The summed E-state index contributed by atoms with van der Waals surface area (Å²) in [5, 5.41) is 15.8. The molecule has 1 spiro atoms. The summed E-state index contributed by atoms with van der Waals surface area (Å²) < 4.78 is 11.6. The molecule has 3 N–H and O–H groups in total. The lowest BCUT2D eigenvalue weighted by Crippen LogP contribution is -2.53. The van der Waals surface area contributed by atoms with Gasteiger partial charge in [0.2, 0.25) is 0 Å². The molecule has 2 aromatic carbocycles. The molecule has 3 aliphatic heterocycles. The monoisotopic (exact) mass is 702 g/mol. The normalized spacial score (nSPS) is 21.4. The molecule has 11 nitrogen and oxygen atoms in total. The number of hydrogen-bond acceptors (Lipinski definition) is 8. The summed E-state index contributed by atoms with van der Waals surface area (Å²) in [4.78, 5) is 56.5. The molecule has 50 heavy (non-hydrogen) atoms. The Kier molecular flexibility index (Phi) is 10.5. The Morgan fingerprint density at radius 1 is 1.06 bits per heavy atom. The molecule has 6 rings (SSSR count). The van der Waals surface area contributed by atoms with Crippen LogP contribution in [0.3, 0.4) is 0 Å². The van der Waals surface area contributed by atoms with Crippen LogP contribution in [0.25, 0.3) is 10.4 Å². The number of carbonyl (C=O) groups is 4. The van der Waals surface area contributed by atoms with Gasteiger partial charge in [0.1, 0.15) is 16.4 Å². The highest BCUT2D eigenvalue weighted by Gasteiger charge is 2.54. The van der Waals surface area contributed by atoms with Gasteiger partial charge in [-0.3, -0.25) is 19.8 Å². The number of benzene rings is 2. The number of carbonyl (C=O) groups excluding carboxylic acids is 3. The Bertz CT molecular complexity index is 1700. The van der Waals surface area contributed by atoms with Crippen LogP contribution in [0.15, 0.2) is 60.7 Å². The van der Waals surface area contributed by atoms with Crippen LogP contribution in [0.4, 0.5) is 9.80 Å². The van der Waals surface area contributed by atoms with Gasteiger partial charge in [-0.2, -0.15) is 0 Å². The third-order valence-electron chi connectivity index (χ3n) is 9.92. The van der Waals surface area contributed by atoms with Crippen LogP contribution in [0.5, 0.6) is 5.75 Å². The topological polar surface area (TPSA) is 138 Å². The third-order valence-corrected chi connectivity index (χ3v) is 11.0. The van der Waals surface area contributed by atoms with E-state index in [0.717, 1.165) is 54.7 Å². The maximum atomic E-state index is 14.0. The predicted octanol–water partition coefficient (Wildman–Crippen LogP) is 6.04. The number of nitrogens with zero attached hydrogens (tertiary/aromatic N) is 2. The second-order valence-corrected chi connectivity index (χ2v) is 15.3. The van der Waals surface area contributed by atoms with Gasteiger partial charge in [-0.1, -0.05) is 30.3 Å².